The number of aromatic nitrogens is 2. The molecule has 0 aliphatic heterocycles. The number of halogens is 1. The van der Waals surface area contributed by atoms with Crippen LogP contribution in [0.25, 0.3) is 0 Å². The van der Waals surface area contributed by atoms with Gasteiger partial charge in [-0.1, -0.05) is 0 Å². The van der Waals surface area contributed by atoms with E-state index >= 15 is 0 Å². The van der Waals surface area contributed by atoms with Gasteiger partial charge in [0.2, 0.25) is 5.28 Å². The summed E-state index contributed by atoms with van der Waals surface area (Å²) in [5.41, 5.74) is 0.289. The van der Waals surface area contributed by atoms with E-state index in [1.54, 1.807) is 6.20 Å². The van der Waals surface area contributed by atoms with E-state index in [-0.39, 0.29) is 10.8 Å². The van der Waals surface area contributed by atoms with Gasteiger partial charge >= 0.3 is 0 Å². The topological polar surface area (TPSA) is 41.0 Å². The zero-order chi connectivity index (χ0) is 11.6. The summed E-state index contributed by atoms with van der Waals surface area (Å²) >= 11 is 5.73. The fourth-order valence-electron chi connectivity index (χ4n) is 2.06. The highest BCUT2D eigenvalue weighted by Gasteiger charge is 2.38. The van der Waals surface area contributed by atoms with Gasteiger partial charge < -0.3 is 10.2 Å². The summed E-state index contributed by atoms with van der Waals surface area (Å²) in [6.45, 7) is 0.910. The minimum atomic E-state index is 0.289. The maximum absolute atomic E-state index is 5.73. The Kier molecular flexibility index (Phi) is 3.30. The van der Waals surface area contributed by atoms with Crippen LogP contribution in [0.1, 0.15) is 19.3 Å². The van der Waals surface area contributed by atoms with Crippen molar-refractivity contribution in [3.63, 3.8) is 0 Å². The molecule has 2 rings (SSSR count). The quantitative estimate of drug-likeness (QED) is 0.818. The minimum absolute atomic E-state index is 0.289. The Labute approximate surface area is 101 Å². The second kappa shape index (κ2) is 4.55. The van der Waals surface area contributed by atoms with E-state index in [9.17, 15) is 0 Å². The number of nitrogens with one attached hydrogen (secondary N) is 1. The number of rotatable bonds is 4. The Morgan fingerprint density at radius 3 is 2.75 bits per heavy atom. The third kappa shape index (κ3) is 2.28. The van der Waals surface area contributed by atoms with E-state index in [0.717, 1.165) is 12.4 Å². The number of hydrogen-bond donors (Lipinski definition) is 1. The molecule has 1 N–H and O–H groups in total. The first kappa shape index (κ1) is 11.6. The highest BCUT2D eigenvalue weighted by molar-refractivity contribution is 6.28. The highest BCUT2D eigenvalue weighted by Crippen LogP contribution is 2.36. The second-order valence-electron chi connectivity index (χ2n) is 4.54. The van der Waals surface area contributed by atoms with E-state index in [0.29, 0.717) is 0 Å². The van der Waals surface area contributed by atoms with Crippen molar-refractivity contribution in [1.82, 2.24) is 14.9 Å². The van der Waals surface area contributed by atoms with Crippen molar-refractivity contribution in [1.29, 1.82) is 0 Å². The Morgan fingerprint density at radius 1 is 1.50 bits per heavy atom. The van der Waals surface area contributed by atoms with Crippen LogP contribution in [0.5, 0.6) is 0 Å². The first-order valence-electron chi connectivity index (χ1n) is 5.52. The molecule has 1 aliphatic rings. The first-order valence-corrected chi connectivity index (χ1v) is 5.90. The molecule has 1 aromatic heterocycles. The number of likely N-dealkylation sites (N-methyl/N-ethyl adjacent to an activating group) is 1. The third-order valence-corrected chi connectivity index (χ3v) is 3.64. The maximum atomic E-state index is 5.73. The molecule has 0 radical (unpaired) electrons. The summed E-state index contributed by atoms with van der Waals surface area (Å²) in [5, 5.41) is 3.62. The average Bonchev–Trinajstić information content (AvgIpc) is 2.15. The Balaban J connectivity index is 1.96. The van der Waals surface area contributed by atoms with Crippen molar-refractivity contribution >= 4 is 17.4 Å². The Morgan fingerprint density at radius 2 is 2.25 bits per heavy atom. The lowest BCUT2D eigenvalue weighted by molar-refractivity contribution is 0.0738. The molecule has 1 heterocycles. The molecule has 0 bridgehead atoms. The predicted octanol–water partition coefficient (Wildman–Crippen LogP) is 2.03. The fraction of sp³-hybridized carbons (Fsp3) is 0.636. The van der Waals surface area contributed by atoms with Gasteiger partial charge in [0.05, 0.1) is 0 Å². The lowest BCUT2D eigenvalue weighted by Gasteiger charge is -2.47. The second-order valence-corrected chi connectivity index (χ2v) is 4.87. The summed E-state index contributed by atoms with van der Waals surface area (Å²) in [7, 11) is 4.27. The molecule has 1 aromatic rings. The average molecular weight is 241 g/mol. The van der Waals surface area contributed by atoms with Crippen molar-refractivity contribution in [2.24, 2.45) is 0 Å². The SMILES string of the molecule is CN(C)C1(CNc2ccnc(Cl)n2)CCC1. The summed E-state index contributed by atoms with van der Waals surface area (Å²) < 4.78 is 0. The van der Waals surface area contributed by atoms with Gasteiger partial charge in [0, 0.05) is 18.3 Å². The van der Waals surface area contributed by atoms with Gasteiger partial charge in [0.15, 0.2) is 0 Å². The standard InChI is InChI=1S/C11H17ClN4/c1-16(2)11(5-3-6-11)8-14-9-4-7-13-10(12)15-9/h4,7H,3,5-6,8H2,1-2H3,(H,13,14,15). The lowest BCUT2D eigenvalue weighted by atomic mass is 9.75. The van der Waals surface area contributed by atoms with Crippen LogP contribution in [0.3, 0.4) is 0 Å². The first-order chi connectivity index (χ1) is 7.62. The Bertz CT molecular complexity index is 363. The molecule has 5 heteroatoms. The van der Waals surface area contributed by atoms with Crippen molar-refractivity contribution in [2.45, 2.75) is 24.8 Å². The van der Waals surface area contributed by atoms with E-state index in [2.05, 4.69) is 34.3 Å². The zero-order valence-electron chi connectivity index (χ0n) is 9.70. The van der Waals surface area contributed by atoms with Gasteiger partial charge in [-0.2, -0.15) is 0 Å². The van der Waals surface area contributed by atoms with Gasteiger partial charge in [-0.05, 0) is 51.0 Å². The van der Waals surface area contributed by atoms with Crippen LogP contribution in [0, 0.1) is 0 Å². The molecular formula is C11H17ClN4. The molecule has 88 valence electrons. The van der Waals surface area contributed by atoms with E-state index in [4.69, 9.17) is 11.6 Å². The van der Waals surface area contributed by atoms with Crippen molar-refractivity contribution < 1.29 is 0 Å². The predicted molar refractivity (Wildman–Crippen MR) is 65.8 cm³/mol. The monoisotopic (exact) mass is 240 g/mol. The molecule has 1 fully saturated rings. The largest absolute Gasteiger partial charge is 0.368 e. The zero-order valence-corrected chi connectivity index (χ0v) is 10.5. The normalized spacial score (nSPS) is 18.2. The molecule has 0 spiro atoms. The number of nitrogens with zero attached hydrogens (tertiary/aromatic N) is 3. The molecule has 0 saturated heterocycles. The molecule has 0 atom stereocenters. The molecule has 1 saturated carbocycles. The molecule has 16 heavy (non-hydrogen) atoms. The van der Waals surface area contributed by atoms with E-state index < -0.39 is 0 Å². The van der Waals surface area contributed by atoms with Gasteiger partial charge in [-0.25, -0.2) is 9.97 Å². The van der Waals surface area contributed by atoms with Crippen molar-refractivity contribution in [3.05, 3.63) is 17.5 Å². The highest BCUT2D eigenvalue weighted by atomic mass is 35.5. The van der Waals surface area contributed by atoms with Crippen LogP contribution < -0.4 is 5.32 Å². The van der Waals surface area contributed by atoms with Gasteiger partial charge in [0.25, 0.3) is 0 Å². The molecule has 0 aromatic carbocycles. The fourth-order valence-corrected chi connectivity index (χ4v) is 2.20. The van der Waals surface area contributed by atoms with E-state index in [1.165, 1.54) is 19.3 Å². The Hall–Kier alpha value is -0.870. The van der Waals surface area contributed by atoms with E-state index in [1.807, 2.05) is 6.07 Å². The maximum Gasteiger partial charge on any atom is 0.224 e. The summed E-state index contributed by atoms with van der Waals surface area (Å²) in [4.78, 5) is 10.3. The molecule has 0 unspecified atom stereocenters. The smallest absolute Gasteiger partial charge is 0.224 e. The van der Waals surface area contributed by atoms with Crippen LogP contribution in [0.2, 0.25) is 5.28 Å². The number of anilines is 1. The molecular weight excluding hydrogens is 224 g/mol. The molecule has 4 nitrogen and oxygen atoms in total. The molecule has 0 amide bonds. The summed E-state index contributed by atoms with van der Waals surface area (Å²) in [5.74, 6) is 0.799. The minimum Gasteiger partial charge on any atom is -0.368 e. The number of hydrogen-bond acceptors (Lipinski definition) is 4. The van der Waals surface area contributed by atoms with Crippen molar-refractivity contribution in [2.75, 3.05) is 26.0 Å². The van der Waals surface area contributed by atoms with Crippen LogP contribution in [0.4, 0.5) is 5.82 Å². The van der Waals surface area contributed by atoms with Crippen LogP contribution >= 0.6 is 11.6 Å². The molecule has 1 aliphatic carbocycles. The van der Waals surface area contributed by atoms with Crippen LogP contribution in [-0.2, 0) is 0 Å². The summed E-state index contributed by atoms with van der Waals surface area (Å²) in [6.07, 6.45) is 5.46. The van der Waals surface area contributed by atoms with Crippen LogP contribution in [-0.4, -0.2) is 41.0 Å². The van der Waals surface area contributed by atoms with Crippen LogP contribution in [0.15, 0.2) is 12.3 Å². The van der Waals surface area contributed by atoms with Gasteiger partial charge in [0.1, 0.15) is 5.82 Å². The summed E-state index contributed by atoms with van der Waals surface area (Å²) in [6, 6.07) is 1.84. The van der Waals surface area contributed by atoms with Gasteiger partial charge in [-0.15, -0.1) is 0 Å². The van der Waals surface area contributed by atoms with Gasteiger partial charge in [-0.3, -0.25) is 0 Å². The van der Waals surface area contributed by atoms with Crippen molar-refractivity contribution in [3.8, 4) is 0 Å². The third-order valence-electron chi connectivity index (χ3n) is 3.46. The lowest BCUT2D eigenvalue weighted by Crippen LogP contribution is -2.54.